The van der Waals surface area contributed by atoms with Gasteiger partial charge in [-0.15, -0.1) is 0 Å². The first-order valence-electron chi connectivity index (χ1n) is 10.6. The number of fused-ring (bicyclic) bond motifs is 1. The molecule has 2 heterocycles. The number of para-hydroxylation sites is 1. The van der Waals surface area contributed by atoms with E-state index in [1.165, 1.54) is 10.6 Å². The number of amides is 2. The number of carbonyl (C=O) groups is 2. The molecule has 1 aromatic heterocycles. The Kier molecular flexibility index (Phi) is 6.49. The number of halogens is 1. The number of aromatic nitrogens is 1. The smallest absolute Gasteiger partial charge is 0.258 e. The fourth-order valence-electron chi connectivity index (χ4n) is 3.94. The van der Waals surface area contributed by atoms with Crippen LogP contribution in [0.3, 0.4) is 0 Å². The zero-order valence-electron chi connectivity index (χ0n) is 17.7. The highest BCUT2D eigenvalue weighted by molar-refractivity contribution is 5.82. The van der Waals surface area contributed by atoms with E-state index in [4.69, 9.17) is 0 Å². The third kappa shape index (κ3) is 4.80. The molecule has 0 saturated carbocycles. The minimum Gasteiger partial charge on any atom is -0.366 e. The van der Waals surface area contributed by atoms with Gasteiger partial charge in [-0.05, 0) is 29.7 Å². The predicted octanol–water partition coefficient (Wildman–Crippen LogP) is 2.00. The van der Waals surface area contributed by atoms with E-state index in [2.05, 4.69) is 5.32 Å². The molecule has 0 aliphatic carbocycles. The molecule has 0 radical (unpaired) electrons. The summed E-state index contributed by atoms with van der Waals surface area (Å²) in [4.78, 5) is 40.9. The van der Waals surface area contributed by atoms with Crippen LogP contribution in [0.1, 0.15) is 6.42 Å². The molecule has 1 saturated heterocycles. The molecule has 2 amide bonds. The Bertz CT molecular complexity index is 1190. The molecule has 3 aromatic rings. The van der Waals surface area contributed by atoms with Crippen molar-refractivity contribution in [1.82, 2.24) is 14.8 Å². The van der Waals surface area contributed by atoms with Crippen LogP contribution in [0.4, 0.5) is 10.1 Å². The highest BCUT2D eigenvalue weighted by atomic mass is 19.1. The molecular weight excluding hydrogens is 411 g/mol. The maximum atomic E-state index is 13.9. The number of nitrogens with zero attached hydrogens (tertiary/aromatic N) is 3. The van der Waals surface area contributed by atoms with Crippen molar-refractivity contribution < 1.29 is 14.0 Å². The van der Waals surface area contributed by atoms with Crippen LogP contribution in [0.2, 0.25) is 0 Å². The second-order valence-electron chi connectivity index (χ2n) is 7.76. The molecule has 7 nitrogen and oxygen atoms in total. The fraction of sp³-hybridized carbons (Fsp3) is 0.292. The van der Waals surface area contributed by atoms with E-state index in [9.17, 15) is 18.8 Å². The summed E-state index contributed by atoms with van der Waals surface area (Å²) in [5.41, 5.74) is 0.331. The Morgan fingerprint density at radius 1 is 0.938 bits per heavy atom. The van der Waals surface area contributed by atoms with Gasteiger partial charge in [0, 0.05) is 50.7 Å². The summed E-state index contributed by atoms with van der Waals surface area (Å²) in [6, 6.07) is 15.7. The largest absolute Gasteiger partial charge is 0.366 e. The van der Waals surface area contributed by atoms with Gasteiger partial charge in [-0.3, -0.25) is 14.4 Å². The van der Waals surface area contributed by atoms with E-state index < -0.39 is 0 Å². The monoisotopic (exact) mass is 436 g/mol. The van der Waals surface area contributed by atoms with E-state index in [0.717, 1.165) is 5.39 Å². The first-order chi connectivity index (χ1) is 15.5. The van der Waals surface area contributed by atoms with Gasteiger partial charge in [0.15, 0.2) is 0 Å². The molecule has 8 heteroatoms. The van der Waals surface area contributed by atoms with Crippen LogP contribution in [0.25, 0.3) is 10.8 Å². The normalized spacial score (nSPS) is 13.9. The Hall–Kier alpha value is -3.68. The number of benzene rings is 2. The second kappa shape index (κ2) is 9.64. The van der Waals surface area contributed by atoms with E-state index >= 15 is 0 Å². The van der Waals surface area contributed by atoms with Crippen LogP contribution in [-0.2, 0) is 16.1 Å². The average Bonchev–Trinajstić information content (AvgIpc) is 2.81. The third-order valence-corrected chi connectivity index (χ3v) is 5.69. The average molecular weight is 436 g/mol. The van der Waals surface area contributed by atoms with Crippen LogP contribution < -0.4 is 15.8 Å². The predicted molar refractivity (Wildman–Crippen MR) is 121 cm³/mol. The number of carbonyl (C=O) groups excluding carboxylic acids is 2. The van der Waals surface area contributed by atoms with Gasteiger partial charge in [-0.1, -0.05) is 30.3 Å². The molecular formula is C24H25FN4O3. The lowest BCUT2D eigenvalue weighted by Crippen LogP contribution is -2.49. The number of piperazine rings is 1. The van der Waals surface area contributed by atoms with Crippen LogP contribution in [0.5, 0.6) is 0 Å². The number of anilines is 1. The number of hydrogen-bond acceptors (Lipinski definition) is 4. The van der Waals surface area contributed by atoms with Crippen molar-refractivity contribution in [3.05, 3.63) is 77.0 Å². The molecule has 2 aromatic carbocycles. The summed E-state index contributed by atoms with van der Waals surface area (Å²) in [6.07, 6.45) is 1.78. The Balaban J connectivity index is 1.23. The highest BCUT2D eigenvalue weighted by Gasteiger charge is 2.22. The third-order valence-electron chi connectivity index (χ3n) is 5.69. The Morgan fingerprint density at radius 3 is 2.44 bits per heavy atom. The zero-order chi connectivity index (χ0) is 22.5. The van der Waals surface area contributed by atoms with Crippen molar-refractivity contribution in [1.29, 1.82) is 0 Å². The molecule has 0 bridgehead atoms. The van der Waals surface area contributed by atoms with E-state index in [0.29, 0.717) is 37.3 Å². The Labute approximate surface area is 185 Å². The number of pyridine rings is 1. The summed E-state index contributed by atoms with van der Waals surface area (Å²) in [5.74, 6) is -0.638. The van der Waals surface area contributed by atoms with Crippen LogP contribution >= 0.6 is 0 Å². The van der Waals surface area contributed by atoms with Crippen LogP contribution in [0.15, 0.2) is 65.6 Å². The second-order valence-corrected chi connectivity index (χ2v) is 7.76. The van der Waals surface area contributed by atoms with E-state index in [-0.39, 0.29) is 42.7 Å². The molecule has 32 heavy (non-hydrogen) atoms. The summed E-state index contributed by atoms with van der Waals surface area (Å²) in [5, 5.41) is 4.10. The molecule has 0 spiro atoms. The summed E-state index contributed by atoms with van der Waals surface area (Å²) in [6.45, 7) is 2.24. The SMILES string of the molecule is O=C(Cn1ccc2ccccc2c1=O)NCCC(=O)N1CCN(c2ccccc2F)CC1. The molecule has 1 aliphatic heterocycles. The van der Waals surface area contributed by atoms with Crippen molar-refractivity contribution in [3.8, 4) is 0 Å². The standard InChI is InChI=1S/C24H25FN4O3/c25-20-7-3-4-8-21(20)27-13-15-28(16-14-27)23(31)9-11-26-22(30)17-29-12-10-18-5-1-2-6-19(18)24(29)32/h1-8,10,12H,9,11,13-17H2,(H,26,30). The van der Waals surface area contributed by atoms with Gasteiger partial charge in [-0.2, -0.15) is 0 Å². The van der Waals surface area contributed by atoms with Crippen molar-refractivity contribution in [2.45, 2.75) is 13.0 Å². The molecule has 0 unspecified atom stereocenters. The Morgan fingerprint density at radius 2 is 1.66 bits per heavy atom. The summed E-state index contributed by atoms with van der Waals surface area (Å²) < 4.78 is 15.3. The van der Waals surface area contributed by atoms with Gasteiger partial charge >= 0.3 is 0 Å². The van der Waals surface area contributed by atoms with Crippen molar-refractivity contribution >= 4 is 28.3 Å². The van der Waals surface area contributed by atoms with E-state index in [1.807, 2.05) is 17.0 Å². The first-order valence-corrected chi connectivity index (χ1v) is 10.6. The first kappa shape index (κ1) is 21.5. The van der Waals surface area contributed by atoms with E-state index in [1.54, 1.807) is 47.5 Å². The van der Waals surface area contributed by atoms with Crippen molar-refractivity contribution in [3.63, 3.8) is 0 Å². The fourth-order valence-corrected chi connectivity index (χ4v) is 3.94. The van der Waals surface area contributed by atoms with Gasteiger partial charge in [0.1, 0.15) is 12.4 Å². The quantitative estimate of drug-likeness (QED) is 0.642. The number of nitrogens with one attached hydrogen (secondary N) is 1. The highest BCUT2D eigenvalue weighted by Crippen LogP contribution is 2.20. The lowest BCUT2D eigenvalue weighted by Gasteiger charge is -2.36. The molecule has 1 aliphatic rings. The minimum atomic E-state index is -0.320. The van der Waals surface area contributed by atoms with Crippen LogP contribution in [-0.4, -0.2) is 54.0 Å². The minimum absolute atomic E-state index is 0.0543. The van der Waals surface area contributed by atoms with Crippen molar-refractivity contribution in [2.75, 3.05) is 37.6 Å². The topological polar surface area (TPSA) is 74.6 Å². The maximum absolute atomic E-state index is 13.9. The van der Waals surface area contributed by atoms with Gasteiger partial charge in [0.2, 0.25) is 11.8 Å². The van der Waals surface area contributed by atoms with Gasteiger partial charge in [-0.25, -0.2) is 4.39 Å². The molecule has 1 fully saturated rings. The molecule has 4 rings (SSSR count). The zero-order valence-corrected chi connectivity index (χ0v) is 17.7. The summed E-state index contributed by atoms with van der Waals surface area (Å²) in [7, 11) is 0. The van der Waals surface area contributed by atoms with Crippen molar-refractivity contribution in [2.24, 2.45) is 0 Å². The summed E-state index contributed by atoms with van der Waals surface area (Å²) >= 11 is 0. The lowest BCUT2D eigenvalue weighted by atomic mass is 10.2. The number of hydrogen-bond donors (Lipinski definition) is 1. The molecule has 1 N–H and O–H groups in total. The van der Waals surface area contributed by atoms with Gasteiger partial charge in [0.25, 0.3) is 5.56 Å². The molecule has 0 atom stereocenters. The molecule has 166 valence electrons. The van der Waals surface area contributed by atoms with Gasteiger partial charge in [0.05, 0.1) is 5.69 Å². The number of rotatable bonds is 6. The van der Waals surface area contributed by atoms with Gasteiger partial charge < -0.3 is 19.7 Å². The maximum Gasteiger partial charge on any atom is 0.258 e. The van der Waals surface area contributed by atoms with Crippen LogP contribution in [0, 0.1) is 5.82 Å². The lowest BCUT2D eigenvalue weighted by molar-refractivity contribution is -0.131.